The summed E-state index contributed by atoms with van der Waals surface area (Å²) in [7, 11) is 0. The second kappa shape index (κ2) is 3.18. The summed E-state index contributed by atoms with van der Waals surface area (Å²) in [5.41, 5.74) is 2.00. The van der Waals surface area contributed by atoms with Crippen LogP contribution in [0.25, 0.3) is 10.4 Å². The molecule has 0 aliphatic carbocycles. The second-order valence-electron chi connectivity index (χ2n) is 2.88. The normalized spacial score (nSPS) is 10.2. The highest BCUT2D eigenvalue weighted by Gasteiger charge is 2.01. The molecule has 0 radical (unpaired) electrons. The van der Waals surface area contributed by atoms with Gasteiger partial charge in [-0.15, -0.1) is 0 Å². The van der Waals surface area contributed by atoms with Crippen molar-refractivity contribution in [2.75, 3.05) is 0 Å². The average Bonchev–Trinajstić information content (AvgIpc) is 2.62. The number of hydrogen-bond donors (Lipinski definition) is 1. The van der Waals surface area contributed by atoms with E-state index in [1.165, 1.54) is 11.5 Å². The lowest BCUT2D eigenvalue weighted by atomic mass is 10.1. The van der Waals surface area contributed by atoms with Gasteiger partial charge in [0.2, 0.25) is 0 Å². The molecule has 0 aliphatic heterocycles. The Hall–Kier alpha value is -1.35. The molecular weight excluding hydrogens is 182 g/mol. The maximum absolute atomic E-state index is 9.33. The lowest BCUT2D eigenvalue weighted by Gasteiger charge is -2.00. The first kappa shape index (κ1) is 8.26. The smallest absolute Gasteiger partial charge is 0.118 e. The summed E-state index contributed by atoms with van der Waals surface area (Å²) < 4.78 is 4.03. The zero-order valence-corrected chi connectivity index (χ0v) is 8.01. The van der Waals surface area contributed by atoms with Crippen molar-refractivity contribution in [1.82, 2.24) is 4.37 Å². The van der Waals surface area contributed by atoms with Gasteiger partial charge in [-0.2, -0.15) is 0 Å². The van der Waals surface area contributed by atoms with E-state index in [4.69, 9.17) is 0 Å². The number of phenolic OH excluding ortho intramolecular Hbond substituents is 1. The minimum absolute atomic E-state index is 0.341. The summed E-state index contributed by atoms with van der Waals surface area (Å²) in [6.45, 7) is 1.89. The maximum Gasteiger partial charge on any atom is 0.118 e. The third-order valence-electron chi connectivity index (χ3n) is 1.92. The van der Waals surface area contributed by atoms with E-state index in [9.17, 15) is 5.11 Å². The topological polar surface area (TPSA) is 33.1 Å². The zero-order chi connectivity index (χ0) is 9.26. The van der Waals surface area contributed by atoms with Crippen molar-refractivity contribution >= 4 is 11.5 Å². The minimum atomic E-state index is 0.341. The molecule has 2 rings (SSSR count). The average molecular weight is 191 g/mol. The van der Waals surface area contributed by atoms with Crippen LogP contribution in [-0.4, -0.2) is 9.48 Å². The van der Waals surface area contributed by atoms with Crippen LogP contribution in [0.1, 0.15) is 5.56 Å². The predicted molar refractivity (Wildman–Crippen MR) is 54.0 cm³/mol. The SMILES string of the molecule is Cc1cc(-c2ccns2)ccc1O. The van der Waals surface area contributed by atoms with Gasteiger partial charge in [0.15, 0.2) is 0 Å². The van der Waals surface area contributed by atoms with Crippen LogP contribution in [-0.2, 0) is 0 Å². The van der Waals surface area contributed by atoms with Gasteiger partial charge in [-0.05, 0) is 53.8 Å². The molecule has 0 saturated heterocycles. The molecule has 0 unspecified atom stereocenters. The molecular formula is C10H9NOS. The van der Waals surface area contributed by atoms with Gasteiger partial charge in [0.25, 0.3) is 0 Å². The van der Waals surface area contributed by atoms with Crippen LogP contribution in [0.3, 0.4) is 0 Å². The van der Waals surface area contributed by atoms with E-state index in [2.05, 4.69) is 4.37 Å². The molecule has 13 heavy (non-hydrogen) atoms. The predicted octanol–water partition coefficient (Wildman–Crippen LogP) is 2.82. The lowest BCUT2D eigenvalue weighted by molar-refractivity contribution is 0.471. The van der Waals surface area contributed by atoms with Gasteiger partial charge < -0.3 is 5.11 Å². The third-order valence-corrected chi connectivity index (χ3v) is 2.71. The monoisotopic (exact) mass is 191 g/mol. The Bertz CT molecular complexity index is 409. The standard InChI is InChI=1S/C10H9NOS/c1-7-6-8(2-3-9(7)12)10-4-5-11-13-10/h2-6,12H,1H3. The Morgan fingerprint density at radius 1 is 1.31 bits per heavy atom. The van der Waals surface area contributed by atoms with Crippen LogP contribution in [0.2, 0.25) is 0 Å². The molecule has 2 aromatic rings. The van der Waals surface area contributed by atoms with E-state index < -0.39 is 0 Å². The summed E-state index contributed by atoms with van der Waals surface area (Å²) in [6.07, 6.45) is 1.78. The van der Waals surface area contributed by atoms with Crippen molar-refractivity contribution < 1.29 is 5.11 Å². The molecule has 0 bridgehead atoms. The summed E-state index contributed by atoms with van der Waals surface area (Å²) in [5.74, 6) is 0.341. The second-order valence-corrected chi connectivity index (χ2v) is 3.71. The first-order valence-electron chi connectivity index (χ1n) is 3.98. The van der Waals surface area contributed by atoms with E-state index >= 15 is 0 Å². The first-order chi connectivity index (χ1) is 6.27. The molecule has 1 N–H and O–H groups in total. The molecule has 3 heteroatoms. The van der Waals surface area contributed by atoms with E-state index in [1.54, 1.807) is 12.3 Å². The Labute approximate surface area is 80.6 Å². The molecule has 2 nitrogen and oxygen atoms in total. The van der Waals surface area contributed by atoms with E-state index in [0.717, 1.165) is 16.0 Å². The Balaban J connectivity index is 2.49. The van der Waals surface area contributed by atoms with Crippen molar-refractivity contribution in [2.24, 2.45) is 0 Å². The molecule has 0 spiro atoms. The van der Waals surface area contributed by atoms with Crippen LogP contribution in [0.4, 0.5) is 0 Å². The number of hydrogen-bond acceptors (Lipinski definition) is 3. The van der Waals surface area contributed by atoms with Gasteiger partial charge in [0, 0.05) is 6.20 Å². The number of rotatable bonds is 1. The fraction of sp³-hybridized carbons (Fsp3) is 0.100. The van der Waals surface area contributed by atoms with Crippen LogP contribution in [0.5, 0.6) is 5.75 Å². The Kier molecular flexibility index (Phi) is 2.02. The summed E-state index contributed by atoms with van der Waals surface area (Å²) in [4.78, 5) is 1.13. The number of phenols is 1. The van der Waals surface area contributed by atoms with Crippen LogP contribution < -0.4 is 0 Å². The van der Waals surface area contributed by atoms with E-state index in [1.807, 2.05) is 25.1 Å². The molecule has 0 aliphatic rings. The van der Waals surface area contributed by atoms with Crippen molar-refractivity contribution in [3.8, 4) is 16.2 Å². The number of aromatic hydroxyl groups is 1. The van der Waals surface area contributed by atoms with Gasteiger partial charge in [0.1, 0.15) is 5.75 Å². The van der Waals surface area contributed by atoms with Crippen LogP contribution >= 0.6 is 11.5 Å². The quantitative estimate of drug-likeness (QED) is 0.751. The molecule has 66 valence electrons. The van der Waals surface area contributed by atoms with Crippen LogP contribution in [0, 0.1) is 6.92 Å². The largest absolute Gasteiger partial charge is 0.508 e. The van der Waals surface area contributed by atoms with E-state index in [0.29, 0.717) is 5.75 Å². The van der Waals surface area contributed by atoms with Gasteiger partial charge in [-0.25, -0.2) is 4.37 Å². The zero-order valence-electron chi connectivity index (χ0n) is 7.19. The molecule has 1 heterocycles. The van der Waals surface area contributed by atoms with Crippen LogP contribution in [0.15, 0.2) is 30.5 Å². The fourth-order valence-electron chi connectivity index (χ4n) is 1.17. The highest BCUT2D eigenvalue weighted by molar-refractivity contribution is 7.09. The fourth-order valence-corrected chi connectivity index (χ4v) is 1.76. The van der Waals surface area contributed by atoms with E-state index in [-0.39, 0.29) is 0 Å². The first-order valence-corrected chi connectivity index (χ1v) is 4.75. The summed E-state index contributed by atoms with van der Waals surface area (Å²) in [6, 6.07) is 7.54. The summed E-state index contributed by atoms with van der Waals surface area (Å²) >= 11 is 1.46. The van der Waals surface area contributed by atoms with Crippen molar-refractivity contribution in [2.45, 2.75) is 6.92 Å². The highest BCUT2D eigenvalue weighted by atomic mass is 32.1. The molecule has 0 amide bonds. The maximum atomic E-state index is 9.33. The summed E-state index contributed by atoms with van der Waals surface area (Å²) in [5, 5.41) is 9.33. The van der Waals surface area contributed by atoms with Gasteiger partial charge >= 0.3 is 0 Å². The van der Waals surface area contributed by atoms with Gasteiger partial charge in [0.05, 0.1) is 4.88 Å². The van der Waals surface area contributed by atoms with Gasteiger partial charge in [-0.3, -0.25) is 0 Å². The molecule has 0 fully saturated rings. The number of nitrogens with zero attached hydrogens (tertiary/aromatic N) is 1. The molecule has 1 aromatic carbocycles. The molecule has 0 saturated carbocycles. The third kappa shape index (κ3) is 1.55. The molecule has 0 atom stereocenters. The highest BCUT2D eigenvalue weighted by Crippen LogP contribution is 2.27. The number of aromatic nitrogens is 1. The number of benzene rings is 1. The van der Waals surface area contributed by atoms with Crippen molar-refractivity contribution in [3.05, 3.63) is 36.0 Å². The minimum Gasteiger partial charge on any atom is -0.508 e. The Morgan fingerprint density at radius 3 is 2.77 bits per heavy atom. The number of aryl methyl sites for hydroxylation is 1. The molecule has 1 aromatic heterocycles. The lowest BCUT2D eigenvalue weighted by Crippen LogP contribution is -1.76. The Morgan fingerprint density at radius 2 is 2.15 bits per heavy atom. The van der Waals surface area contributed by atoms with Crippen molar-refractivity contribution in [3.63, 3.8) is 0 Å². The van der Waals surface area contributed by atoms with Crippen molar-refractivity contribution in [1.29, 1.82) is 0 Å². The van der Waals surface area contributed by atoms with Gasteiger partial charge in [-0.1, -0.05) is 0 Å².